The minimum atomic E-state index is -0.478. The Balaban J connectivity index is 2.33. The normalized spacial score (nSPS) is 26.1. The second-order valence-electron chi connectivity index (χ2n) is 3.21. The van der Waals surface area contributed by atoms with E-state index in [0.29, 0.717) is 12.8 Å². The van der Waals surface area contributed by atoms with Gasteiger partial charge in [-0.25, -0.2) is 0 Å². The van der Waals surface area contributed by atoms with Gasteiger partial charge in [-0.15, -0.1) is 0 Å². The highest BCUT2D eigenvalue weighted by Crippen LogP contribution is 2.32. The molecule has 74 valence electrons. The lowest BCUT2D eigenvalue weighted by Gasteiger charge is -2.38. The highest BCUT2D eigenvalue weighted by atomic mass is 35.5. The topological polar surface area (TPSA) is 46.6 Å². The highest BCUT2D eigenvalue weighted by Gasteiger charge is 2.38. The van der Waals surface area contributed by atoms with Crippen molar-refractivity contribution in [1.29, 1.82) is 0 Å². The number of rotatable bonds is 2. The molecule has 0 bridgehead atoms. The number of hydrogen-bond donors (Lipinski definition) is 0. The summed E-state index contributed by atoms with van der Waals surface area (Å²) in [5.41, 5.74) is 0. The first kappa shape index (κ1) is 10.3. The molecule has 0 saturated heterocycles. The SMILES string of the molecule is COC(=O)C1CC(N(C)C(=O)Cl)C1. The van der Waals surface area contributed by atoms with Crippen molar-refractivity contribution in [3.05, 3.63) is 0 Å². The van der Waals surface area contributed by atoms with Gasteiger partial charge in [-0.2, -0.15) is 0 Å². The first-order valence-electron chi connectivity index (χ1n) is 4.06. The van der Waals surface area contributed by atoms with Gasteiger partial charge in [0.25, 0.3) is 0 Å². The van der Waals surface area contributed by atoms with E-state index >= 15 is 0 Å². The van der Waals surface area contributed by atoms with Crippen molar-refractivity contribution in [3.8, 4) is 0 Å². The molecule has 1 fully saturated rings. The Hall–Kier alpha value is -0.770. The summed E-state index contributed by atoms with van der Waals surface area (Å²) >= 11 is 5.27. The van der Waals surface area contributed by atoms with Crippen molar-refractivity contribution >= 4 is 22.9 Å². The summed E-state index contributed by atoms with van der Waals surface area (Å²) < 4.78 is 4.57. The van der Waals surface area contributed by atoms with Crippen LogP contribution in [0.25, 0.3) is 0 Å². The van der Waals surface area contributed by atoms with E-state index in [1.165, 1.54) is 12.0 Å². The number of amides is 1. The predicted molar refractivity (Wildman–Crippen MR) is 47.5 cm³/mol. The zero-order chi connectivity index (χ0) is 10.0. The van der Waals surface area contributed by atoms with E-state index in [1.807, 2.05) is 0 Å². The minimum Gasteiger partial charge on any atom is -0.469 e. The van der Waals surface area contributed by atoms with Crippen LogP contribution in [-0.4, -0.2) is 36.4 Å². The lowest BCUT2D eigenvalue weighted by molar-refractivity contribution is -0.150. The maximum Gasteiger partial charge on any atom is 0.316 e. The summed E-state index contributed by atoms with van der Waals surface area (Å²) in [5, 5.41) is -0.478. The lowest BCUT2D eigenvalue weighted by Crippen LogP contribution is -2.46. The Morgan fingerprint density at radius 1 is 1.46 bits per heavy atom. The van der Waals surface area contributed by atoms with Crippen LogP contribution in [-0.2, 0) is 9.53 Å². The molecule has 0 radical (unpaired) electrons. The van der Waals surface area contributed by atoms with E-state index in [1.54, 1.807) is 7.05 Å². The van der Waals surface area contributed by atoms with Crippen LogP contribution in [0.15, 0.2) is 0 Å². The molecule has 4 nitrogen and oxygen atoms in total. The van der Waals surface area contributed by atoms with E-state index in [9.17, 15) is 9.59 Å². The number of nitrogens with zero attached hydrogens (tertiary/aromatic N) is 1. The summed E-state index contributed by atoms with van der Waals surface area (Å²) in [6.45, 7) is 0. The maximum atomic E-state index is 11.0. The van der Waals surface area contributed by atoms with Gasteiger partial charge >= 0.3 is 11.3 Å². The van der Waals surface area contributed by atoms with E-state index < -0.39 is 5.37 Å². The fourth-order valence-electron chi connectivity index (χ4n) is 1.41. The zero-order valence-electron chi connectivity index (χ0n) is 7.62. The van der Waals surface area contributed by atoms with Gasteiger partial charge in [0, 0.05) is 13.1 Å². The number of hydrogen-bond acceptors (Lipinski definition) is 3. The zero-order valence-corrected chi connectivity index (χ0v) is 8.37. The van der Waals surface area contributed by atoms with Crippen molar-refractivity contribution < 1.29 is 14.3 Å². The Morgan fingerprint density at radius 3 is 2.38 bits per heavy atom. The molecule has 0 spiro atoms. The summed E-state index contributed by atoms with van der Waals surface area (Å²) in [6, 6.07) is 0.0918. The van der Waals surface area contributed by atoms with Crippen LogP contribution in [0.2, 0.25) is 0 Å². The van der Waals surface area contributed by atoms with E-state index in [-0.39, 0.29) is 17.9 Å². The van der Waals surface area contributed by atoms with Crippen LogP contribution in [0.5, 0.6) is 0 Å². The van der Waals surface area contributed by atoms with Gasteiger partial charge < -0.3 is 9.64 Å². The molecule has 13 heavy (non-hydrogen) atoms. The Kier molecular flexibility index (Phi) is 3.14. The third kappa shape index (κ3) is 2.12. The minimum absolute atomic E-state index is 0.0616. The third-order valence-electron chi connectivity index (χ3n) is 2.47. The molecule has 5 heteroatoms. The van der Waals surface area contributed by atoms with Gasteiger partial charge in [0.1, 0.15) is 0 Å². The smallest absolute Gasteiger partial charge is 0.316 e. The van der Waals surface area contributed by atoms with Crippen LogP contribution in [0.4, 0.5) is 4.79 Å². The van der Waals surface area contributed by atoms with Crippen LogP contribution >= 0.6 is 11.6 Å². The molecule has 0 heterocycles. The fourth-order valence-corrected chi connectivity index (χ4v) is 1.54. The summed E-state index contributed by atoms with van der Waals surface area (Å²) in [7, 11) is 3.00. The summed E-state index contributed by atoms with van der Waals surface area (Å²) in [5.74, 6) is -0.264. The molecule has 0 N–H and O–H groups in total. The molecule has 1 amide bonds. The van der Waals surface area contributed by atoms with Crippen LogP contribution in [0, 0.1) is 5.92 Å². The fraction of sp³-hybridized carbons (Fsp3) is 0.750. The number of ether oxygens (including phenoxy) is 1. The van der Waals surface area contributed by atoms with E-state index in [4.69, 9.17) is 11.6 Å². The Labute approximate surface area is 81.8 Å². The largest absolute Gasteiger partial charge is 0.469 e. The van der Waals surface area contributed by atoms with Crippen molar-refractivity contribution in [3.63, 3.8) is 0 Å². The molecule has 0 unspecified atom stereocenters. The number of methoxy groups -OCH3 is 1. The van der Waals surface area contributed by atoms with Gasteiger partial charge in [-0.05, 0) is 24.4 Å². The van der Waals surface area contributed by atoms with Crippen molar-refractivity contribution in [2.24, 2.45) is 5.92 Å². The number of halogens is 1. The second kappa shape index (κ2) is 3.96. The first-order chi connectivity index (χ1) is 6.06. The van der Waals surface area contributed by atoms with Gasteiger partial charge in [-0.3, -0.25) is 9.59 Å². The average molecular weight is 206 g/mol. The molecule has 1 aliphatic rings. The molecule has 0 aliphatic heterocycles. The average Bonchev–Trinajstić information content (AvgIpc) is 2.00. The van der Waals surface area contributed by atoms with Gasteiger partial charge in [0.05, 0.1) is 13.0 Å². The molecule has 1 rings (SSSR count). The number of carbonyl (C=O) groups is 2. The molecule has 0 aromatic rings. The van der Waals surface area contributed by atoms with Crippen LogP contribution in [0.3, 0.4) is 0 Å². The van der Waals surface area contributed by atoms with Crippen molar-refractivity contribution in [2.75, 3.05) is 14.2 Å². The standard InChI is InChI=1S/C8H12ClNO3/c1-10(8(9)12)6-3-5(4-6)7(11)13-2/h5-6H,3-4H2,1-2H3. The van der Waals surface area contributed by atoms with E-state index in [0.717, 1.165) is 0 Å². The molecular formula is C8H12ClNO3. The molecule has 0 atom stereocenters. The number of esters is 1. The molecular weight excluding hydrogens is 194 g/mol. The quantitative estimate of drug-likeness (QED) is 0.387. The summed E-state index contributed by atoms with van der Waals surface area (Å²) in [6.07, 6.45) is 1.31. The van der Waals surface area contributed by atoms with Gasteiger partial charge in [0.2, 0.25) is 0 Å². The summed E-state index contributed by atoms with van der Waals surface area (Å²) in [4.78, 5) is 23.1. The van der Waals surface area contributed by atoms with Crippen LogP contribution in [0.1, 0.15) is 12.8 Å². The lowest BCUT2D eigenvalue weighted by atomic mass is 9.80. The van der Waals surface area contributed by atoms with E-state index in [2.05, 4.69) is 4.74 Å². The number of carbonyl (C=O) groups excluding carboxylic acids is 2. The maximum absolute atomic E-state index is 11.0. The Morgan fingerprint density at radius 2 is 2.00 bits per heavy atom. The molecule has 0 aromatic heterocycles. The predicted octanol–water partition coefficient (Wildman–Crippen LogP) is 1.23. The highest BCUT2D eigenvalue weighted by molar-refractivity contribution is 6.62. The Bertz CT molecular complexity index is 225. The van der Waals surface area contributed by atoms with Crippen molar-refractivity contribution in [2.45, 2.75) is 18.9 Å². The van der Waals surface area contributed by atoms with Gasteiger partial charge in [-0.1, -0.05) is 0 Å². The van der Waals surface area contributed by atoms with Gasteiger partial charge in [0.15, 0.2) is 0 Å². The first-order valence-corrected chi connectivity index (χ1v) is 4.44. The molecule has 1 saturated carbocycles. The molecule has 1 aliphatic carbocycles. The second-order valence-corrected chi connectivity index (χ2v) is 3.53. The van der Waals surface area contributed by atoms with Crippen LogP contribution < -0.4 is 0 Å². The molecule has 0 aromatic carbocycles. The third-order valence-corrected chi connectivity index (χ3v) is 2.74. The monoisotopic (exact) mass is 205 g/mol. The van der Waals surface area contributed by atoms with Crippen molar-refractivity contribution in [1.82, 2.24) is 4.90 Å².